The number of halogens is 1. The van der Waals surface area contributed by atoms with E-state index < -0.39 is 11.9 Å². The molecule has 126 valence electrons. The number of nitrogens with one attached hydrogen (secondary N) is 1. The van der Waals surface area contributed by atoms with E-state index >= 15 is 0 Å². The van der Waals surface area contributed by atoms with Crippen LogP contribution in [0.2, 0.25) is 5.02 Å². The molecule has 7 heteroatoms. The first kappa shape index (κ1) is 17.7. The van der Waals surface area contributed by atoms with Gasteiger partial charge in [0.1, 0.15) is 11.8 Å². The summed E-state index contributed by atoms with van der Waals surface area (Å²) in [6.45, 7) is 1.57. The summed E-state index contributed by atoms with van der Waals surface area (Å²) < 4.78 is 0. The number of likely N-dealkylation sites (N-methyl/N-ethyl adjacent to an activating group) is 1. The quantitative estimate of drug-likeness (QED) is 0.889. The maximum atomic E-state index is 12.2. The van der Waals surface area contributed by atoms with E-state index in [1.807, 2.05) is 6.07 Å². The second kappa shape index (κ2) is 7.31. The van der Waals surface area contributed by atoms with Crippen LogP contribution in [0, 0.1) is 0 Å². The first-order valence-corrected chi connectivity index (χ1v) is 7.64. The van der Waals surface area contributed by atoms with Crippen molar-refractivity contribution in [1.82, 2.24) is 15.2 Å². The van der Waals surface area contributed by atoms with Crippen LogP contribution < -0.4 is 5.32 Å². The molecule has 2 aromatic rings. The number of pyridine rings is 1. The van der Waals surface area contributed by atoms with E-state index in [2.05, 4.69) is 10.3 Å². The van der Waals surface area contributed by atoms with Gasteiger partial charge in [0.15, 0.2) is 5.69 Å². The van der Waals surface area contributed by atoms with Crippen molar-refractivity contribution in [3.8, 4) is 16.9 Å². The molecule has 0 aliphatic heterocycles. The molecule has 0 saturated heterocycles. The number of carbonyl (C=O) groups is 2. The monoisotopic (exact) mass is 347 g/mol. The number of hydrogen-bond donors (Lipinski definition) is 2. The highest BCUT2D eigenvalue weighted by Gasteiger charge is 2.21. The SMILES string of the molecule is CC(NC(=O)c1ncc(-c2cccc(Cl)c2)cc1O)C(=O)N(C)C. The molecule has 2 N–H and O–H groups in total. The number of nitrogens with zero attached hydrogens (tertiary/aromatic N) is 2. The van der Waals surface area contributed by atoms with Crippen LogP contribution in [-0.4, -0.2) is 46.9 Å². The van der Waals surface area contributed by atoms with Gasteiger partial charge in [-0.05, 0) is 30.7 Å². The molecule has 0 aliphatic rings. The van der Waals surface area contributed by atoms with Crippen LogP contribution in [0.15, 0.2) is 36.5 Å². The van der Waals surface area contributed by atoms with Crippen molar-refractivity contribution in [2.24, 2.45) is 0 Å². The van der Waals surface area contributed by atoms with Crippen molar-refractivity contribution in [3.05, 3.63) is 47.2 Å². The molecule has 0 aliphatic carbocycles. The lowest BCUT2D eigenvalue weighted by Gasteiger charge is -2.18. The van der Waals surface area contributed by atoms with Gasteiger partial charge in [0.05, 0.1) is 0 Å². The number of amides is 2. The number of carbonyl (C=O) groups excluding carboxylic acids is 2. The largest absolute Gasteiger partial charge is 0.505 e. The van der Waals surface area contributed by atoms with Crippen LogP contribution in [-0.2, 0) is 4.79 Å². The normalized spacial score (nSPS) is 11.7. The Morgan fingerprint density at radius 2 is 1.96 bits per heavy atom. The number of aromatic hydroxyl groups is 1. The van der Waals surface area contributed by atoms with Gasteiger partial charge in [-0.15, -0.1) is 0 Å². The van der Waals surface area contributed by atoms with Crippen molar-refractivity contribution in [3.63, 3.8) is 0 Å². The minimum atomic E-state index is -0.721. The minimum absolute atomic E-state index is 0.140. The molecule has 0 fully saturated rings. The Balaban J connectivity index is 2.20. The topological polar surface area (TPSA) is 82.5 Å². The predicted octanol–water partition coefficient (Wildman–Crippen LogP) is 2.31. The fourth-order valence-electron chi connectivity index (χ4n) is 2.17. The van der Waals surface area contributed by atoms with Crippen LogP contribution in [0.5, 0.6) is 5.75 Å². The lowest BCUT2D eigenvalue weighted by atomic mass is 10.1. The molecular formula is C17H18ClN3O3. The lowest BCUT2D eigenvalue weighted by molar-refractivity contribution is -0.130. The third-order valence-corrected chi connectivity index (χ3v) is 3.63. The van der Waals surface area contributed by atoms with Crippen molar-refractivity contribution < 1.29 is 14.7 Å². The van der Waals surface area contributed by atoms with Gasteiger partial charge >= 0.3 is 0 Å². The van der Waals surface area contributed by atoms with E-state index in [0.29, 0.717) is 10.6 Å². The zero-order chi connectivity index (χ0) is 17.9. The van der Waals surface area contributed by atoms with Crippen molar-refractivity contribution in [1.29, 1.82) is 0 Å². The second-order valence-electron chi connectivity index (χ2n) is 5.53. The molecule has 1 heterocycles. The van der Waals surface area contributed by atoms with Gasteiger partial charge in [0.25, 0.3) is 5.91 Å². The predicted molar refractivity (Wildman–Crippen MR) is 92.0 cm³/mol. The van der Waals surface area contributed by atoms with E-state index in [0.717, 1.165) is 5.56 Å². The Kier molecular flexibility index (Phi) is 5.41. The number of benzene rings is 1. The molecule has 1 unspecified atom stereocenters. The third kappa shape index (κ3) is 4.02. The average molecular weight is 348 g/mol. The van der Waals surface area contributed by atoms with E-state index in [1.54, 1.807) is 39.2 Å². The highest BCUT2D eigenvalue weighted by Crippen LogP contribution is 2.26. The van der Waals surface area contributed by atoms with Gasteiger partial charge in [-0.2, -0.15) is 0 Å². The fourth-order valence-corrected chi connectivity index (χ4v) is 2.36. The summed E-state index contributed by atoms with van der Waals surface area (Å²) in [5.74, 6) is -1.14. The number of rotatable bonds is 4. The summed E-state index contributed by atoms with van der Waals surface area (Å²) in [5, 5.41) is 13.2. The lowest BCUT2D eigenvalue weighted by Crippen LogP contribution is -2.44. The summed E-state index contributed by atoms with van der Waals surface area (Å²) in [6.07, 6.45) is 1.47. The molecule has 1 atom stereocenters. The van der Waals surface area contributed by atoms with E-state index in [9.17, 15) is 14.7 Å². The average Bonchev–Trinajstić information content (AvgIpc) is 2.53. The Labute approximate surface area is 145 Å². The molecule has 6 nitrogen and oxygen atoms in total. The zero-order valence-electron chi connectivity index (χ0n) is 13.6. The van der Waals surface area contributed by atoms with E-state index in [4.69, 9.17) is 11.6 Å². The van der Waals surface area contributed by atoms with Crippen LogP contribution in [0.4, 0.5) is 0 Å². The second-order valence-corrected chi connectivity index (χ2v) is 5.97. The Morgan fingerprint density at radius 3 is 2.54 bits per heavy atom. The van der Waals surface area contributed by atoms with Gasteiger partial charge in [-0.3, -0.25) is 9.59 Å². The molecule has 0 radical (unpaired) electrons. The standard InChI is InChI=1S/C17H18ClN3O3/c1-10(17(24)21(2)3)20-16(23)15-14(22)8-12(9-19-15)11-5-4-6-13(18)7-11/h4-10,22H,1-3H3,(H,20,23). The summed E-state index contributed by atoms with van der Waals surface area (Å²) in [6, 6.07) is 7.79. The Bertz CT molecular complexity index is 777. The Morgan fingerprint density at radius 1 is 1.25 bits per heavy atom. The van der Waals surface area contributed by atoms with Crippen LogP contribution in [0.25, 0.3) is 11.1 Å². The van der Waals surface area contributed by atoms with E-state index in [1.165, 1.54) is 17.2 Å². The summed E-state index contributed by atoms with van der Waals surface area (Å²) in [4.78, 5) is 29.3. The van der Waals surface area contributed by atoms with Crippen molar-refractivity contribution >= 4 is 23.4 Å². The molecule has 0 spiro atoms. The number of hydrogen-bond acceptors (Lipinski definition) is 4. The molecule has 0 saturated carbocycles. The maximum absolute atomic E-state index is 12.2. The maximum Gasteiger partial charge on any atom is 0.274 e. The first-order chi connectivity index (χ1) is 11.3. The molecule has 0 bridgehead atoms. The summed E-state index contributed by atoms with van der Waals surface area (Å²) in [5.41, 5.74) is 1.26. The highest BCUT2D eigenvalue weighted by molar-refractivity contribution is 6.30. The minimum Gasteiger partial charge on any atom is -0.505 e. The fraction of sp³-hybridized carbons (Fsp3) is 0.235. The number of aromatic nitrogens is 1. The van der Waals surface area contributed by atoms with Gasteiger partial charge in [-0.25, -0.2) is 4.98 Å². The van der Waals surface area contributed by atoms with Gasteiger partial charge < -0.3 is 15.3 Å². The molecule has 1 aromatic heterocycles. The first-order valence-electron chi connectivity index (χ1n) is 7.26. The van der Waals surface area contributed by atoms with Gasteiger partial charge in [0.2, 0.25) is 5.91 Å². The van der Waals surface area contributed by atoms with Crippen LogP contribution >= 0.6 is 11.6 Å². The third-order valence-electron chi connectivity index (χ3n) is 3.40. The smallest absolute Gasteiger partial charge is 0.274 e. The zero-order valence-corrected chi connectivity index (χ0v) is 14.3. The van der Waals surface area contributed by atoms with Gasteiger partial charge in [-0.1, -0.05) is 23.7 Å². The van der Waals surface area contributed by atoms with E-state index in [-0.39, 0.29) is 17.4 Å². The molecule has 1 aromatic carbocycles. The summed E-state index contributed by atoms with van der Waals surface area (Å²) in [7, 11) is 3.20. The molecule has 2 amide bonds. The van der Waals surface area contributed by atoms with Gasteiger partial charge in [0, 0.05) is 30.9 Å². The molecule has 2 rings (SSSR count). The van der Waals surface area contributed by atoms with Crippen LogP contribution in [0.3, 0.4) is 0 Å². The van der Waals surface area contributed by atoms with Crippen molar-refractivity contribution in [2.45, 2.75) is 13.0 Å². The molecule has 24 heavy (non-hydrogen) atoms. The van der Waals surface area contributed by atoms with Crippen molar-refractivity contribution in [2.75, 3.05) is 14.1 Å². The summed E-state index contributed by atoms with van der Waals surface area (Å²) >= 11 is 5.95. The molecular weight excluding hydrogens is 330 g/mol. The highest BCUT2D eigenvalue weighted by atomic mass is 35.5. The van der Waals surface area contributed by atoms with Crippen LogP contribution in [0.1, 0.15) is 17.4 Å². The Hall–Kier alpha value is -2.60.